The van der Waals surface area contributed by atoms with Crippen molar-refractivity contribution in [3.05, 3.63) is 59.9 Å². The van der Waals surface area contributed by atoms with Crippen molar-refractivity contribution in [1.29, 1.82) is 0 Å². The lowest BCUT2D eigenvalue weighted by molar-refractivity contribution is 0.200. The first-order valence-electron chi connectivity index (χ1n) is 10.1. The molecule has 2 aromatic carbocycles. The Kier molecular flexibility index (Phi) is 7.52. The van der Waals surface area contributed by atoms with Crippen molar-refractivity contribution in [2.45, 2.75) is 45.1 Å². The van der Waals surface area contributed by atoms with Gasteiger partial charge in [0.25, 0.3) is 0 Å². The van der Waals surface area contributed by atoms with E-state index in [1.807, 2.05) is 12.1 Å². The predicted molar refractivity (Wildman–Crippen MR) is 107 cm³/mol. The minimum atomic E-state index is -0.253. The van der Waals surface area contributed by atoms with E-state index in [2.05, 4.69) is 24.0 Å². The van der Waals surface area contributed by atoms with Gasteiger partial charge in [0.15, 0.2) is 0 Å². The summed E-state index contributed by atoms with van der Waals surface area (Å²) in [6, 6.07) is 14.3. The van der Waals surface area contributed by atoms with Gasteiger partial charge in [-0.3, -0.25) is 0 Å². The molecular weight excluding hydrogens is 341 g/mol. The molecule has 0 spiro atoms. The molecule has 0 radical (unpaired) electrons. The van der Waals surface area contributed by atoms with Gasteiger partial charge in [0, 0.05) is 6.54 Å². The van der Waals surface area contributed by atoms with Crippen LogP contribution < -0.4 is 9.47 Å². The molecular formula is C23H30FNO2. The maximum Gasteiger partial charge on any atom is 0.123 e. The molecule has 1 saturated heterocycles. The van der Waals surface area contributed by atoms with Gasteiger partial charge in [-0.1, -0.05) is 25.5 Å². The highest BCUT2D eigenvalue weighted by atomic mass is 19.1. The van der Waals surface area contributed by atoms with Crippen LogP contribution in [0.1, 0.15) is 50.7 Å². The normalized spacial score (nSPS) is 16.1. The molecule has 3 rings (SSSR count). The Balaban J connectivity index is 1.45. The first-order chi connectivity index (χ1) is 13.2. The Morgan fingerprint density at radius 1 is 0.926 bits per heavy atom. The van der Waals surface area contributed by atoms with Crippen LogP contribution in [0.15, 0.2) is 48.5 Å². The smallest absolute Gasteiger partial charge is 0.123 e. The Morgan fingerprint density at radius 3 is 2.26 bits per heavy atom. The lowest BCUT2D eigenvalue weighted by atomic mass is 10.1. The molecule has 4 heteroatoms. The van der Waals surface area contributed by atoms with E-state index in [4.69, 9.17) is 9.47 Å². The minimum Gasteiger partial charge on any atom is -0.494 e. The van der Waals surface area contributed by atoms with Crippen molar-refractivity contribution in [1.82, 2.24) is 4.90 Å². The van der Waals surface area contributed by atoms with Crippen molar-refractivity contribution in [2.75, 3.05) is 26.2 Å². The van der Waals surface area contributed by atoms with Gasteiger partial charge < -0.3 is 14.4 Å². The van der Waals surface area contributed by atoms with E-state index < -0.39 is 0 Å². The summed E-state index contributed by atoms with van der Waals surface area (Å²) in [4.78, 5) is 2.54. The summed E-state index contributed by atoms with van der Waals surface area (Å²) in [7, 11) is 0. The van der Waals surface area contributed by atoms with E-state index in [0.29, 0.717) is 5.75 Å². The van der Waals surface area contributed by atoms with Crippen LogP contribution in [0.2, 0.25) is 0 Å². The summed E-state index contributed by atoms with van der Waals surface area (Å²) >= 11 is 0. The van der Waals surface area contributed by atoms with Gasteiger partial charge in [-0.25, -0.2) is 4.39 Å². The van der Waals surface area contributed by atoms with Gasteiger partial charge in [-0.2, -0.15) is 0 Å². The zero-order chi connectivity index (χ0) is 18.9. The SMILES string of the molecule is CCC(Oc1ccc(F)cc1)c1ccc(OCCCN2CCCCC2)cc1. The number of rotatable bonds is 9. The highest BCUT2D eigenvalue weighted by molar-refractivity contribution is 5.30. The molecule has 3 nitrogen and oxygen atoms in total. The third-order valence-electron chi connectivity index (χ3n) is 5.05. The average molecular weight is 371 g/mol. The Bertz CT molecular complexity index is 666. The molecule has 1 atom stereocenters. The number of hydrogen-bond donors (Lipinski definition) is 0. The topological polar surface area (TPSA) is 21.7 Å². The van der Waals surface area contributed by atoms with Gasteiger partial charge in [0.05, 0.1) is 6.61 Å². The van der Waals surface area contributed by atoms with Crippen LogP contribution in [0, 0.1) is 5.82 Å². The molecule has 2 aromatic rings. The van der Waals surface area contributed by atoms with Crippen LogP contribution in [0.4, 0.5) is 4.39 Å². The third-order valence-corrected chi connectivity index (χ3v) is 5.05. The number of halogens is 1. The van der Waals surface area contributed by atoms with Crippen molar-refractivity contribution in [2.24, 2.45) is 0 Å². The lowest BCUT2D eigenvalue weighted by Crippen LogP contribution is -2.31. The molecule has 0 amide bonds. The zero-order valence-corrected chi connectivity index (χ0v) is 16.2. The first-order valence-corrected chi connectivity index (χ1v) is 10.1. The van der Waals surface area contributed by atoms with E-state index in [0.717, 1.165) is 37.3 Å². The summed E-state index contributed by atoms with van der Waals surface area (Å²) in [5, 5.41) is 0. The molecule has 1 heterocycles. The average Bonchev–Trinajstić information content (AvgIpc) is 2.72. The first kappa shape index (κ1) is 19.7. The van der Waals surface area contributed by atoms with Crippen molar-refractivity contribution >= 4 is 0 Å². The lowest BCUT2D eigenvalue weighted by Gasteiger charge is -2.26. The van der Waals surface area contributed by atoms with E-state index >= 15 is 0 Å². The van der Waals surface area contributed by atoms with E-state index in [1.165, 1.54) is 44.5 Å². The van der Waals surface area contributed by atoms with Crippen LogP contribution >= 0.6 is 0 Å². The summed E-state index contributed by atoms with van der Waals surface area (Å²) < 4.78 is 24.9. The predicted octanol–water partition coefficient (Wildman–Crippen LogP) is 5.61. The second-order valence-electron chi connectivity index (χ2n) is 7.14. The zero-order valence-electron chi connectivity index (χ0n) is 16.2. The number of nitrogens with zero attached hydrogens (tertiary/aromatic N) is 1. The van der Waals surface area contributed by atoms with Crippen LogP contribution in [0.5, 0.6) is 11.5 Å². The largest absolute Gasteiger partial charge is 0.494 e. The summed E-state index contributed by atoms with van der Waals surface area (Å²) in [5.74, 6) is 1.33. The molecule has 0 N–H and O–H groups in total. The fourth-order valence-electron chi connectivity index (χ4n) is 3.50. The monoisotopic (exact) mass is 371 g/mol. The molecule has 1 aliphatic heterocycles. The second-order valence-corrected chi connectivity index (χ2v) is 7.14. The maximum absolute atomic E-state index is 13.0. The molecule has 146 valence electrons. The molecule has 27 heavy (non-hydrogen) atoms. The van der Waals surface area contributed by atoms with E-state index in [-0.39, 0.29) is 11.9 Å². The number of likely N-dealkylation sites (tertiary alicyclic amines) is 1. The fraction of sp³-hybridized carbons (Fsp3) is 0.478. The third kappa shape index (κ3) is 6.24. The molecule has 0 saturated carbocycles. The van der Waals surface area contributed by atoms with E-state index in [9.17, 15) is 4.39 Å². The van der Waals surface area contributed by atoms with Gasteiger partial charge in [0.2, 0.25) is 0 Å². The van der Waals surface area contributed by atoms with Gasteiger partial charge in [-0.15, -0.1) is 0 Å². The maximum atomic E-state index is 13.0. The number of benzene rings is 2. The molecule has 0 bridgehead atoms. The van der Waals surface area contributed by atoms with Crippen molar-refractivity contribution in [3.63, 3.8) is 0 Å². The highest BCUT2D eigenvalue weighted by Gasteiger charge is 2.12. The van der Waals surface area contributed by atoms with Gasteiger partial charge in [0.1, 0.15) is 23.4 Å². The molecule has 1 fully saturated rings. The molecule has 0 aromatic heterocycles. The second kappa shape index (κ2) is 10.3. The highest BCUT2D eigenvalue weighted by Crippen LogP contribution is 2.26. The summed E-state index contributed by atoms with van der Waals surface area (Å²) in [5.41, 5.74) is 1.10. The molecule has 1 unspecified atom stereocenters. The van der Waals surface area contributed by atoms with Crippen LogP contribution in [0.25, 0.3) is 0 Å². The van der Waals surface area contributed by atoms with Crippen LogP contribution in [0.3, 0.4) is 0 Å². The van der Waals surface area contributed by atoms with Crippen molar-refractivity contribution < 1.29 is 13.9 Å². The van der Waals surface area contributed by atoms with Crippen LogP contribution in [-0.2, 0) is 0 Å². The Morgan fingerprint density at radius 2 is 1.59 bits per heavy atom. The number of hydrogen-bond acceptors (Lipinski definition) is 3. The van der Waals surface area contributed by atoms with Gasteiger partial charge >= 0.3 is 0 Å². The fourth-order valence-corrected chi connectivity index (χ4v) is 3.50. The quantitative estimate of drug-likeness (QED) is 0.535. The standard InChI is InChI=1S/C23H30FNO2/c1-2-23(27-22-13-9-20(24)10-14-22)19-7-11-21(12-8-19)26-18-6-17-25-15-4-3-5-16-25/h7-14,23H,2-6,15-18H2,1H3. The summed E-state index contributed by atoms with van der Waals surface area (Å²) in [6.07, 6.45) is 5.90. The number of ether oxygens (including phenoxy) is 2. The van der Waals surface area contributed by atoms with Gasteiger partial charge in [-0.05, 0) is 80.7 Å². The van der Waals surface area contributed by atoms with Crippen molar-refractivity contribution in [3.8, 4) is 11.5 Å². The molecule has 1 aliphatic rings. The Labute approximate surface area is 162 Å². The van der Waals surface area contributed by atoms with Crippen LogP contribution in [-0.4, -0.2) is 31.1 Å². The Hall–Kier alpha value is -2.07. The van der Waals surface area contributed by atoms with E-state index in [1.54, 1.807) is 12.1 Å². The summed E-state index contributed by atoms with van der Waals surface area (Å²) in [6.45, 7) is 6.43. The molecule has 0 aliphatic carbocycles. The minimum absolute atomic E-state index is 0.0522. The number of piperidine rings is 1.